The average molecular weight is 742 g/mol. The standard InChI is InChI=1S/C38H37N3O3Se2/c1-24-12-13-33-31(20-24)40(15-14-39-38(42)43)35(45-33)11-7-10-28-18-25(2)19-29(26(28)3)23-36-41-16-17-44-32-21-30(22-34(46-36)37(32)41)27-8-5-4-6-9-27/h4-13,20-23,25,39H,14-19H2,1-3H3. The first kappa shape index (κ1) is 30.8. The fraction of sp³-hybridized carbons (Fsp3) is 0.263. The van der Waals surface area contributed by atoms with E-state index < -0.39 is 6.09 Å². The Bertz CT molecular complexity index is 1950. The van der Waals surface area contributed by atoms with Crippen LogP contribution in [0.25, 0.3) is 27.0 Å². The Morgan fingerprint density at radius 1 is 1.11 bits per heavy atom. The van der Waals surface area contributed by atoms with Crippen molar-refractivity contribution in [3.8, 4) is 16.9 Å². The molecule has 1 unspecified atom stereocenters. The molecule has 46 heavy (non-hydrogen) atoms. The molecule has 3 aromatic carbocycles. The van der Waals surface area contributed by atoms with Gasteiger partial charge in [-0.2, -0.15) is 0 Å². The zero-order valence-electron chi connectivity index (χ0n) is 26.3. The predicted molar refractivity (Wildman–Crippen MR) is 186 cm³/mol. The van der Waals surface area contributed by atoms with Crippen LogP contribution < -0.4 is 29.1 Å². The third kappa shape index (κ3) is 6.28. The molecule has 1 aromatic heterocycles. The van der Waals surface area contributed by atoms with Crippen LogP contribution in [0.2, 0.25) is 0 Å². The molecule has 3 heterocycles. The average Bonchev–Trinajstić information content (AvgIpc) is 3.57. The number of rotatable bonds is 7. The van der Waals surface area contributed by atoms with Crippen LogP contribution in [0.3, 0.4) is 0 Å². The summed E-state index contributed by atoms with van der Waals surface area (Å²) < 4.78 is 14.1. The molecule has 1 aliphatic carbocycles. The Balaban J connectivity index is 1.19. The van der Waals surface area contributed by atoms with E-state index in [0.717, 1.165) is 25.1 Å². The number of aryl methyl sites for hydroxylation is 1. The maximum atomic E-state index is 11.0. The SMILES string of the molecule is CC1=C(/C=C/C=C2\[Se]c3ccc(C)cc3N2CCNC(=O)[O-])CC(C)C/C1=C\c1[se]c2cc(-c3ccccc3)cc3c2[n+]1CCO3. The molecule has 0 radical (unpaired) electrons. The number of fused-ring (bicyclic) bond motifs is 1. The monoisotopic (exact) mass is 743 g/mol. The van der Waals surface area contributed by atoms with E-state index in [1.54, 1.807) is 0 Å². The van der Waals surface area contributed by atoms with Gasteiger partial charge in [0.1, 0.15) is 0 Å². The summed E-state index contributed by atoms with van der Waals surface area (Å²) in [6, 6.07) is 21.8. The molecule has 6 nitrogen and oxygen atoms in total. The van der Waals surface area contributed by atoms with Crippen molar-refractivity contribution >= 4 is 61.6 Å². The fourth-order valence-corrected chi connectivity index (χ4v) is 11.4. The topological polar surface area (TPSA) is 68.5 Å². The van der Waals surface area contributed by atoms with Crippen LogP contribution in [-0.4, -0.2) is 55.2 Å². The van der Waals surface area contributed by atoms with Crippen molar-refractivity contribution in [3.63, 3.8) is 0 Å². The van der Waals surface area contributed by atoms with Crippen molar-refractivity contribution in [2.75, 3.05) is 24.6 Å². The minimum absolute atomic E-state index is 0.163. The van der Waals surface area contributed by atoms with Gasteiger partial charge in [-0.25, -0.2) is 0 Å². The molecule has 234 valence electrons. The second-order valence-corrected chi connectivity index (χ2v) is 16.7. The summed E-state index contributed by atoms with van der Waals surface area (Å²) in [4.78, 5) is 13.2. The predicted octanol–water partition coefficient (Wildman–Crippen LogP) is 4.86. The molecule has 0 bridgehead atoms. The summed E-state index contributed by atoms with van der Waals surface area (Å²) in [5.74, 6) is 1.58. The number of hydrogen-bond acceptors (Lipinski definition) is 4. The van der Waals surface area contributed by atoms with E-state index >= 15 is 0 Å². The maximum absolute atomic E-state index is 11.0. The number of anilines is 1. The van der Waals surface area contributed by atoms with Crippen LogP contribution in [0.1, 0.15) is 36.8 Å². The van der Waals surface area contributed by atoms with Crippen molar-refractivity contribution in [3.05, 3.63) is 110 Å². The molecule has 0 saturated carbocycles. The molecule has 4 aromatic rings. The molecule has 0 spiro atoms. The van der Waals surface area contributed by atoms with Gasteiger partial charge in [0.05, 0.1) is 0 Å². The van der Waals surface area contributed by atoms with E-state index in [2.05, 4.69) is 121 Å². The molecule has 0 fully saturated rings. The quantitative estimate of drug-likeness (QED) is 0.217. The molecule has 7 rings (SSSR count). The van der Waals surface area contributed by atoms with E-state index in [1.807, 2.05) is 0 Å². The Labute approximate surface area is 282 Å². The number of amides is 1. The molecule has 0 saturated heterocycles. The van der Waals surface area contributed by atoms with Crippen molar-refractivity contribution in [2.24, 2.45) is 5.92 Å². The molecule has 1 amide bonds. The molecule has 2 aliphatic heterocycles. The number of nitrogens with zero attached hydrogens (tertiary/aromatic N) is 2. The van der Waals surface area contributed by atoms with E-state index in [-0.39, 0.29) is 29.5 Å². The summed E-state index contributed by atoms with van der Waals surface area (Å²) in [7, 11) is 0. The molecular formula is C38H37N3O3Se2. The van der Waals surface area contributed by atoms with Gasteiger partial charge in [-0.15, -0.1) is 0 Å². The molecule has 1 atom stereocenters. The number of hydrogen-bond donors (Lipinski definition) is 1. The number of carbonyl (C=O) groups is 1. The summed E-state index contributed by atoms with van der Waals surface area (Å²) in [6.45, 7) is 9.24. The molecule has 8 heteroatoms. The van der Waals surface area contributed by atoms with Crippen molar-refractivity contribution in [2.45, 2.75) is 40.2 Å². The zero-order valence-corrected chi connectivity index (χ0v) is 29.8. The molecule has 1 N–H and O–H groups in total. The van der Waals surface area contributed by atoms with Crippen molar-refractivity contribution in [1.29, 1.82) is 0 Å². The van der Waals surface area contributed by atoms with Crippen LogP contribution in [0.15, 0.2) is 100 Å². The number of aromatic nitrogens is 1. The minimum atomic E-state index is -1.23. The van der Waals surface area contributed by atoms with Crippen LogP contribution in [-0.2, 0) is 6.54 Å². The number of ether oxygens (including phenoxy) is 1. The Hall–Kier alpha value is -3.80. The number of carbonyl (C=O) groups excluding carboxylic acids is 1. The van der Waals surface area contributed by atoms with Crippen LogP contribution >= 0.6 is 0 Å². The number of allylic oxidation sites excluding steroid dienone is 6. The number of benzene rings is 3. The van der Waals surface area contributed by atoms with Gasteiger partial charge in [0.2, 0.25) is 0 Å². The fourth-order valence-electron chi connectivity index (χ4n) is 6.61. The van der Waals surface area contributed by atoms with Gasteiger partial charge in [0.25, 0.3) is 0 Å². The summed E-state index contributed by atoms with van der Waals surface area (Å²) in [5.41, 5.74) is 10.3. The Morgan fingerprint density at radius 3 is 2.78 bits per heavy atom. The Morgan fingerprint density at radius 2 is 1.96 bits per heavy atom. The van der Waals surface area contributed by atoms with Crippen LogP contribution in [0.4, 0.5) is 10.5 Å². The van der Waals surface area contributed by atoms with E-state index in [4.69, 9.17) is 4.74 Å². The van der Waals surface area contributed by atoms with E-state index in [1.165, 1.54) is 62.5 Å². The Kier molecular flexibility index (Phi) is 8.80. The summed E-state index contributed by atoms with van der Waals surface area (Å²) in [6.07, 6.45) is 10.1. The van der Waals surface area contributed by atoms with Gasteiger partial charge >= 0.3 is 284 Å². The molecular weight excluding hydrogens is 704 g/mol. The van der Waals surface area contributed by atoms with E-state index in [0.29, 0.717) is 25.6 Å². The van der Waals surface area contributed by atoms with Crippen LogP contribution in [0, 0.1) is 12.8 Å². The zero-order chi connectivity index (χ0) is 31.8. The first-order chi connectivity index (χ1) is 22.3. The van der Waals surface area contributed by atoms with Gasteiger partial charge in [-0.1, -0.05) is 0 Å². The summed E-state index contributed by atoms with van der Waals surface area (Å²) in [5, 5.41) is 13.4. The van der Waals surface area contributed by atoms with E-state index in [9.17, 15) is 9.90 Å². The second-order valence-electron chi connectivity index (χ2n) is 12.3. The molecule has 3 aliphatic rings. The second kappa shape index (κ2) is 13.1. The van der Waals surface area contributed by atoms with Gasteiger partial charge in [-0.05, 0) is 0 Å². The van der Waals surface area contributed by atoms with Crippen molar-refractivity contribution in [1.82, 2.24) is 5.32 Å². The summed E-state index contributed by atoms with van der Waals surface area (Å²) >= 11 is 0.376. The van der Waals surface area contributed by atoms with Crippen LogP contribution in [0.5, 0.6) is 5.75 Å². The third-order valence-corrected chi connectivity index (χ3v) is 13.5. The number of nitrogens with one attached hydrogen (secondary N) is 1. The number of carboxylic acid groups (broad SMARTS) is 1. The van der Waals surface area contributed by atoms with Gasteiger partial charge in [0, 0.05) is 0 Å². The van der Waals surface area contributed by atoms with Gasteiger partial charge < -0.3 is 0 Å². The first-order valence-corrected chi connectivity index (χ1v) is 19.2. The third-order valence-electron chi connectivity index (χ3n) is 8.89. The normalized spacial score (nSPS) is 19.4. The first-order valence-electron chi connectivity index (χ1n) is 15.8. The van der Waals surface area contributed by atoms with Crippen molar-refractivity contribution < 1.29 is 19.2 Å². The van der Waals surface area contributed by atoms with Gasteiger partial charge in [0.15, 0.2) is 0 Å². The van der Waals surface area contributed by atoms with Gasteiger partial charge in [-0.3, -0.25) is 0 Å².